The van der Waals surface area contributed by atoms with Crippen molar-refractivity contribution in [1.29, 1.82) is 5.41 Å². The zero-order valence-corrected chi connectivity index (χ0v) is 13.6. The van der Waals surface area contributed by atoms with E-state index in [2.05, 4.69) is 28.9 Å². The molecule has 0 bridgehead atoms. The summed E-state index contributed by atoms with van der Waals surface area (Å²) < 4.78 is 0. The number of hydrogen-bond donors (Lipinski definition) is 2. The van der Waals surface area contributed by atoms with Gasteiger partial charge < -0.3 is 10.6 Å². The molecule has 1 fully saturated rings. The number of rotatable bonds is 3. The van der Waals surface area contributed by atoms with Crippen molar-refractivity contribution < 1.29 is 0 Å². The second kappa shape index (κ2) is 6.41. The molecule has 0 spiro atoms. The summed E-state index contributed by atoms with van der Waals surface area (Å²) in [6.07, 6.45) is 3.60. The number of nitrogens with one attached hydrogen (secondary N) is 1. The summed E-state index contributed by atoms with van der Waals surface area (Å²) in [5.41, 5.74) is 8.37. The van der Waals surface area contributed by atoms with Gasteiger partial charge in [0.05, 0.1) is 11.3 Å². The summed E-state index contributed by atoms with van der Waals surface area (Å²) in [4.78, 5) is 2.26. The maximum absolute atomic E-state index is 7.88. The van der Waals surface area contributed by atoms with Gasteiger partial charge in [0.1, 0.15) is 5.84 Å². The highest BCUT2D eigenvalue weighted by Crippen LogP contribution is 2.29. The molecule has 5 nitrogen and oxygen atoms in total. The van der Waals surface area contributed by atoms with Crippen LogP contribution in [0.5, 0.6) is 0 Å². The third-order valence-corrected chi connectivity index (χ3v) is 4.72. The molecule has 0 aromatic carbocycles. The molecule has 1 saturated heterocycles. The van der Waals surface area contributed by atoms with Gasteiger partial charge in [0, 0.05) is 13.1 Å². The molecule has 0 amide bonds. The number of amidine groups is 1. The van der Waals surface area contributed by atoms with Gasteiger partial charge >= 0.3 is 0 Å². The molecular weight excluding hydrogens is 262 g/mol. The topological polar surface area (TPSA) is 78.9 Å². The van der Waals surface area contributed by atoms with Crippen LogP contribution < -0.4 is 10.6 Å². The number of aryl methyl sites for hydroxylation is 1. The van der Waals surface area contributed by atoms with Crippen molar-refractivity contribution >= 4 is 11.7 Å². The highest BCUT2D eigenvalue weighted by Gasteiger charge is 2.24. The molecule has 21 heavy (non-hydrogen) atoms. The molecule has 2 rings (SSSR count). The van der Waals surface area contributed by atoms with Gasteiger partial charge in [-0.15, -0.1) is 5.10 Å². The van der Waals surface area contributed by atoms with Crippen LogP contribution in [0.3, 0.4) is 0 Å². The third-order valence-electron chi connectivity index (χ3n) is 4.72. The quantitative estimate of drug-likeness (QED) is 0.662. The van der Waals surface area contributed by atoms with Gasteiger partial charge in [-0.1, -0.05) is 13.8 Å². The summed E-state index contributed by atoms with van der Waals surface area (Å²) in [7, 11) is 0. The Bertz CT molecular complexity index is 524. The number of aromatic nitrogens is 2. The van der Waals surface area contributed by atoms with Crippen molar-refractivity contribution in [2.45, 2.75) is 47.0 Å². The molecule has 0 radical (unpaired) electrons. The van der Waals surface area contributed by atoms with Crippen molar-refractivity contribution in [1.82, 2.24) is 10.2 Å². The van der Waals surface area contributed by atoms with Crippen LogP contribution in [0.1, 0.15) is 49.9 Å². The molecule has 0 aliphatic carbocycles. The molecule has 1 unspecified atom stereocenters. The van der Waals surface area contributed by atoms with E-state index in [1.807, 2.05) is 13.8 Å². The molecule has 1 aliphatic heterocycles. The largest absolute Gasteiger partial charge is 0.384 e. The first kappa shape index (κ1) is 15.7. The van der Waals surface area contributed by atoms with Gasteiger partial charge in [-0.2, -0.15) is 5.10 Å². The van der Waals surface area contributed by atoms with E-state index in [9.17, 15) is 0 Å². The minimum atomic E-state index is 0.0881. The van der Waals surface area contributed by atoms with Crippen LogP contribution in [0, 0.1) is 31.1 Å². The first-order chi connectivity index (χ1) is 9.91. The summed E-state index contributed by atoms with van der Waals surface area (Å²) >= 11 is 0. The SMILES string of the molecule is Cc1nnc(N2CCCC(C(C)C)CC2)c(C(=N)N)c1C. The molecular formula is C16H27N5. The normalized spacial score (nSPS) is 19.7. The summed E-state index contributed by atoms with van der Waals surface area (Å²) in [6, 6.07) is 0. The Hall–Kier alpha value is -1.65. The lowest BCUT2D eigenvalue weighted by Gasteiger charge is -2.25. The fourth-order valence-electron chi connectivity index (χ4n) is 3.14. The maximum Gasteiger partial charge on any atom is 0.162 e. The average molecular weight is 289 g/mol. The van der Waals surface area contributed by atoms with E-state index in [1.54, 1.807) is 0 Å². The number of nitrogen functional groups attached to an aromatic ring is 1. The average Bonchev–Trinajstić information content (AvgIpc) is 2.67. The lowest BCUT2D eigenvalue weighted by molar-refractivity contribution is 0.351. The second-order valence-electron chi connectivity index (χ2n) is 6.44. The molecule has 1 atom stereocenters. The van der Waals surface area contributed by atoms with Gasteiger partial charge in [-0.25, -0.2) is 0 Å². The molecule has 1 aliphatic rings. The van der Waals surface area contributed by atoms with Crippen molar-refractivity contribution in [3.63, 3.8) is 0 Å². The molecule has 116 valence electrons. The van der Waals surface area contributed by atoms with Gasteiger partial charge in [0.15, 0.2) is 5.82 Å². The zero-order valence-electron chi connectivity index (χ0n) is 13.6. The molecule has 1 aromatic rings. The Morgan fingerprint density at radius 3 is 2.57 bits per heavy atom. The Kier molecular flexibility index (Phi) is 4.80. The van der Waals surface area contributed by atoms with Crippen molar-refractivity contribution in [3.05, 3.63) is 16.8 Å². The van der Waals surface area contributed by atoms with Crippen LogP contribution in [0.25, 0.3) is 0 Å². The number of anilines is 1. The Balaban J connectivity index is 2.30. The van der Waals surface area contributed by atoms with E-state index in [-0.39, 0.29) is 5.84 Å². The monoisotopic (exact) mass is 289 g/mol. The number of hydrogen-bond acceptors (Lipinski definition) is 4. The minimum absolute atomic E-state index is 0.0881. The van der Waals surface area contributed by atoms with Crippen LogP contribution in [0.15, 0.2) is 0 Å². The molecule has 3 N–H and O–H groups in total. The lowest BCUT2D eigenvalue weighted by Crippen LogP contribution is -2.30. The van der Waals surface area contributed by atoms with Crippen LogP contribution in [0.2, 0.25) is 0 Å². The van der Waals surface area contributed by atoms with E-state index >= 15 is 0 Å². The standard InChI is InChI=1S/C16H27N5/c1-10(2)13-6-5-8-21(9-7-13)16-14(15(17)18)11(3)12(4)19-20-16/h10,13H,5-9H2,1-4H3,(H3,17,18). The Morgan fingerprint density at radius 2 is 1.95 bits per heavy atom. The lowest BCUT2D eigenvalue weighted by atomic mass is 9.89. The van der Waals surface area contributed by atoms with Crippen LogP contribution in [-0.2, 0) is 0 Å². The van der Waals surface area contributed by atoms with E-state index in [1.165, 1.54) is 12.8 Å². The summed E-state index contributed by atoms with van der Waals surface area (Å²) in [6.45, 7) is 10.4. The van der Waals surface area contributed by atoms with E-state index < -0.39 is 0 Å². The first-order valence-electron chi connectivity index (χ1n) is 7.85. The van der Waals surface area contributed by atoms with Crippen molar-refractivity contribution in [2.75, 3.05) is 18.0 Å². The summed E-state index contributed by atoms with van der Waals surface area (Å²) in [5, 5.41) is 16.5. The predicted molar refractivity (Wildman–Crippen MR) is 86.9 cm³/mol. The van der Waals surface area contributed by atoms with Gasteiger partial charge in [-0.3, -0.25) is 5.41 Å². The fourth-order valence-corrected chi connectivity index (χ4v) is 3.14. The highest BCUT2D eigenvalue weighted by atomic mass is 15.3. The fraction of sp³-hybridized carbons (Fsp3) is 0.688. The first-order valence-corrected chi connectivity index (χ1v) is 7.85. The van der Waals surface area contributed by atoms with Crippen LogP contribution >= 0.6 is 0 Å². The molecule has 1 aromatic heterocycles. The van der Waals surface area contributed by atoms with Gasteiger partial charge in [-0.05, 0) is 50.5 Å². The Labute approximate surface area is 127 Å². The number of nitrogens with zero attached hydrogens (tertiary/aromatic N) is 3. The second-order valence-corrected chi connectivity index (χ2v) is 6.44. The van der Waals surface area contributed by atoms with Crippen molar-refractivity contribution in [3.8, 4) is 0 Å². The highest BCUT2D eigenvalue weighted by molar-refractivity contribution is 6.01. The summed E-state index contributed by atoms with van der Waals surface area (Å²) in [5.74, 6) is 2.37. The predicted octanol–water partition coefficient (Wildman–Crippen LogP) is 2.64. The smallest absolute Gasteiger partial charge is 0.162 e. The molecule has 2 heterocycles. The van der Waals surface area contributed by atoms with E-state index in [0.717, 1.165) is 54.0 Å². The van der Waals surface area contributed by atoms with Gasteiger partial charge in [0.25, 0.3) is 0 Å². The molecule has 0 saturated carbocycles. The number of nitrogens with two attached hydrogens (primary N) is 1. The van der Waals surface area contributed by atoms with E-state index in [0.29, 0.717) is 0 Å². The van der Waals surface area contributed by atoms with Crippen LogP contribution in [0.4, 0.5) is 5.82 Å². The third kappa shape index (κ3) is 3.34. The molecule has 5 heteroatoms. The zero-order chi connectivity index (χ0) is 15.6. The Morgan fingerprint density at radius 1 is 1.24 bits per heavy atom. The maximum atomic E-state index is 7.88. The van der Waals surface area contributed by atoms with Gasteiger partial charge in [0.2, 0.25) is 0 Å². The minimum Gasteiger partial charge on any atom is -0.384 e. The van der Waals surface area contributed by atoms with Crippen LogP contribution in [-0.4, -0.2) is 29.1 Å². The van der Waals surface area contributed by atoms with Crippen molar-refractivity contribution in [2.24, 2.45) is 17.6 Å². The van der Waals surface area contributed by atoms with E-state index in [4.69, 9.17) is 11.1 Å².